The summed E-state index contributed by atoms with van der Waals surface area (Å²) in [5.41, 5.74) is 9.34. The third-order valence-electron chi connectivity index (χ3n) is 3.54. The van der Waals surface area contributed by atoms with Gasteiger partial charge < -0.3 is 11.1 Å². The van der Waals surface area contributed by atoms with Crippen LogP contribution in [0.2, 0.25) is 0 Å². The molecule has 108 valence electrons. The predicted octanol–water partition coefficient (Wildman–Crippen LogP) is 3.06. The van der Waals surface area contributed by atoms with Crippen molar-refractivity contribution in [2.24, 2.45) is 5.73 Å². The summed E-state index contributed by atoms with van der Waals surface area (Å²) in [6.45, 7) is 3.91. The van der Waals surface area contributed by atoms with E-state index >= 15 is 0 Å². The highest BCUT2D eigenvalue weighted by atomic mass is 32.1. The summed E-state index contributed by atoms with van der Waals surface area (Å²) in [5, 5.41) is 2.91. The van der Waals surface area contributed by atoms with Crippen LogP contribution in [0.15, 0.2) is 48.5 Å². The first-order chi connectivity index (χ1) is 10.0. The lowest BCUT2D eigenvalue weighted by atomic mass is 10.0. The molecule has 1 atom stereocenters. The SMILES string of the molecule is Cc1cccc(C(=O)NC(C(N)=S)c2ccccc2)c1C. The number of carbonyl (C=O) groups is 1. The summed E-state index contributed by atoms with van der Waals surface area (Å²) in [6, 6.07) is 14.7. The minimum absolute atomic E-state index is 0.169. The van der Waals surface area contributed by atoms with Gasteiger partial charge in [-0.3, -0.25) is 4.79 Å². The van der Waals surface area contributed by atoms with Crippen LogP contribution in [0.25, 0.3) is 0 Å². The third-order valence-corrected chi connectivity index (χ3v) is 3.78. The van der Waals surface area contributed by atoms with Crippen LogP contribution in [0.3, 0.4) is 0 Å². The van der Waals surface area contributed by atoms with Gasteiger partial charge in [0.2, 0.25) is 0 Å². The number of nitrogens with one attached hydrogen (secondary N) is 1. The highest BCUT2D eigenvalue weighted by Gasteiger charge is 2.19. The minimum atomic E-state index is -0.464. The van der Waals surface area contributed by atoms with Gasteiger partial charge in [0.25, 0.3) is 5.91 Å². The predicted molar refractivity (Wildman–Crippen MR) is 89.4 cm³/mol. The maximum atomic E-state index is 12.5. The summed E-state index contributed by atoms with van der Waals surface area (Å²) < 4.78 is 0. The average Bonchev–Trinajstić information content (AvgIpc) is 2.48. The van der Waals surface area contributed by atoms with Gasteiger partial charge in [0.1, 0.15) is 11.0 Å². The van der Waals surface area contributed by atoms with E-state index in [1.807, 2.05) is 56.3 Å². The Hall–Kier alpha value is -2.20. The van der Waals surface area contributed by atoms with E-state index in [0.29, 0.717) is 5.56 Å². The van der Waals surface area contributed by atoms with Crippen LogP contribution in [0, 0.1) is 13.8 Å². The maximum Gasteiger partial charge on any atom is 0.252 e. The van der Waals surface area contributed by atoms with E-state index in [2.05, 4.69) is 5.32 Å². The first-order valence-corrected chi connectivity index (χ1v) is 7.13. The molecule has 2 aromatic carbocycles. The van der Waals surface area contributed by atoms with Crippen molar-refractivity contribution in [2.75, 3.05) is 0 Å². The fourth-order valence-electron chi connectivity index (χ4n) is 2.17. The molecule has 0 bridgehead atoms. The number of amides is 1. The molecule has 0 saturated carbocycles. The summed E-state index contributed by atoms with van der Waals surface area (Å²) in [7, 11) is 0. The highest BCUT2D eigenvalue weighted by Crippen LogP contribution is 2.17. The van der Waals surface area contributed by atoms with Gasteiger partial charge in [-0.1, -0.05) is 54.7 Å². The third kappa shape index (κ3) is 3.47. The summed E-state index contributed by atoms with van der Waals surface area (Å²) in [6.07, 6.45) is 0. The number of nitrogens with two attached hydrogens (primary N) is 1. The van der Waals surface area contributed by atoms with Crippen molar-refractivity contribution in [2.45, 2.75) is 19.9 Å². The van der Waals surface area contributed by atoms with Gasteiger partial charge in [0.05, 0.1) is 0 Å². The fourth-order valence-corrected chi connectivity index (χ4v) is 2.37. The van der Waals surface area contributed by atoms with Gasteiger partial charge in [-0.2, -0.15) is 0 Å². The molecule has 0 radical (unpaired) electrons. The van der Waals surface area contributed by atoms with Gasteiger partial charge in [-0.25, -0.2) is 0 Å². The Balaban J connectivity index is 2.28. The van der Waals surface area contributed by atoms with E-state index < -0.39 is 6.04 Å². The van der Waals surface area contributed by atoms with E-state index in [0.717, 1.165) is 16.7 Å². The van der Waals surface area contributed by atoms with Crippen LogP contribution in [-0.2, 0) is 0 Å². The normalized spacial score (nSPS) is 11.7. The van der Waals surface area contributed by atoms with E-state index in [-0.39, 0.29) is 10.9 Å². The van der Waals surface area contributed by atoms with Crippen molar-refractivity contribution in [3.8, 4) is 0 Å². The van der Waals surface area contributed by atoms with Gasteiger partial charge >= 0.3 is 0 Å². The molecule has 0 heterocycles. The second-order valence-electron chi connectivity index (χ2n) is 4.97. The lowest BCUT2D eigenvalue weighted by Gasteiger charge is -2.19. The van der Waals surface area contributed by atoms with Crippen molar-refractivity contribution >= 4 is 23.1 Å². The Bertz CT molecular complexity index is 668. The minimum Gasteiger partial charge on any atom is -0.391 e. The average molecular weight is 298 g/mol. The molecule has 0 aromatic heterocycles. The molecular formula is C17H18N2OS. The summed E-state index contributed by atoms with van der Waals surface area (Å²) >= 11 is 5.09. The topological polar surface area (TPSA) is 55.1 Å². The zero-order valence-corrected chi connectivity index (χ0v) is 12.9. The van der Waals surface area contributed by atoms with Crippen LogP contribution in [0.4, 0.5) is 0 Å². The van der Waals surface area contributed by atoms with Crippen molar-refractivity contribution < 1.29 is 4.79 Å². The number of carbonyl (C=O) groups excluding carboxylic acids is 1. The Morgan fingerprint density at radius 3 is 2.38 bits per heavy atom. The molecule has 3 N–H and O–H groups in total. The van der Waals surface area contributed by atoms with Crippen LogP contribution < -0.4 is 11.1 Å². The number of hydrogen-bond acceptors (Lipinski definition) is 2. The molecule has 0 fully saturated rings. The zero-order chi connectivity index (χ0) is 15.4. The molecule has 1 unspecified atom stereocenters. The van der Waals surface area contributed by atoms with Crippen LogP contribution in [0.5, 0.6) is 0 Å². The van der Waals surface area contributed by atoms with Crippen molar-refractivity contribution in [1.82, 2.24) is 5.32 Å². The van der Waals surface area contributed by atoms with Crippen molar-refractivity contribution in [3.63, 3.8) is 0 Å². The van der Waals surface area contributed by atoms with E-state index in [1.165, 1.54) is 0 Å². The molecule has 0 saturated heterocycles. The number of rotatable bonds is 4. The summed E-state index contributed by atoms with van der Waals surface area (Å²) in [4.78, 5) is 12.7. The molecule has 2 rings (SSSR count). The molecule has 0 aliphatic carbocycles. The van der Waals surface area contributed by atoms with E-state index in [4.69, 9.17) is 18.0 Å². The molecule has 0 spiro atoms. The largest absolute Gasteiger partial charge is 0.391 e. The Labute approximate surface area is 130 Å². The first kappa shape index (κ1) is 15.2. The monoisotopic (exact) mass is 298 g/mol. The second-order valence-corrected chi connectivity index (χ2v) is 5.44. The molecule has 3 nitrogen and oxygen atoms in total. The van der Waals surface area contributed by atoms with Crippen molar-refractivity contribution in [1.29, 1.82) is 0 Å². The maximum absolute atomic E-state index is 12.5. The van der Waals surface area contributed by atoms with Gasteiger partial charge in [-0.15, -0.1) is 0 Å². The Kier molecular flexibility index (Phi) is 4.70. The molecular weight excluding hydrogens is 280 g/mol. The molecule has 21 heavy (non-hydrogen) atoms. The first-order valence-electron chi connectivity index (χ1n) is 6.72. The standard InChI is InChI=1S/C17H18N2OS/c1-11-7-6-10-14(12(11)2)17(20)19-15(16(18)21)13-8-4-3-5-9-13/h3-10,15H,1-2H3,(H2,18,21)(H,19,20). The lowest BCUT2D eigenvalue weighted by Crippen LogP contribution is -2.36. The van der Waals surface area contributed by atoms with E-state index in [9.17, 15) is 4.79 Å². The zero-order valence-electron chi connectivity index (χ0n) is 12.1. The molecule has 2 aromatic rings. The molecule has 4 heteroatoms. The van der Waals surface area contributed by atoms with Crippen LogP contribution in [0.1, 0.15) is 33.1 Å². The van der Waals surface area contributed by atoms with Crippen LogP contribution in [-0.4, -0.2) is 10.9 Å². The van der Waals surface area contributed by atoms with Crippen LogP contribution >= 0.6 is 12.2 Å². The second kappa shape index (κ2) is 6.50. The quantitative estimate of drug-likeness (QED) is 0.853. The lowest BCUT2D eigenvalue weighted by molar-refractivity contribution is 0.0946. The van der Waals surface area contributed by atoms with Gasteiger partial charge in [0, 0.05) is 5.56 Å². The van der Waals surface area contributed by atoms with E-state index in [1.54, 1.807) is 6.07 Å². The summed E-state index contributed by atoms with van der Waals surface area (Å²) in [5.74, 6) is -0.169. The molecule has 0 aliphatic rings. The number of thiocarbonyl (C=S) groups is 1. The van der Waals surface area contributed by atoms with Gasteiger partial charge in [-0.05, 0) is 36.6 Å². The number of benzene rings is 2. The fraction of sp³-hybridized carbons (Fsp3) is 0.176. The Morgan fingerprint density at radius 2 is 1.76 bits per heavy atom. The number of aryl methyl sites for hydroxylation is 1. The highest BCUT2D eigenvalue weighted by molar-refractivity contribution is 7.80. The molecule has 1 amide bonds. The molecule has 0 aliphatic heterocycles. The smallest absolute Gasteiger partial charge is 0.252 e. The van der Waals surface area contributed by atoms with Gasteiger partial charge in [0.15, 0.2) is 0 Å². The van der Waals surface area contributed by atoms with Crippen molar-refractivity contribution in [3.05, 3.63) is 70.8 Å². The Morgan fingerprint density at radius 1 is 1.10 bits per heavy atom. The number of hydrogen-bond donors (Lipinski definition) is 2.